The third kappa shape index (κ3) is 3.16. The molecule has 148 valence electrons. The highest BCUT2D eigenvalue weighted by atomic mass is 16.3. The van der Waals surface area contributed by atoms with Crippen LogP contribution in [0.25, 0.3) is 0 Å². The van der Waals surface area contributed by atoms with E-state index in [1.807, 2.05) is 35.9 Å². The van der Waals surface area contributed by atoms with E-state index in [4.69, 9.17) is 0 Å². The van der Waals surface area contributed by atoms with Crippen LogP contribution in [0.4, 0.5) is 0 Å². The maximum Gasteiger partial charge on any atom is 0.251 e. The topological polar surface area (TPSA) is 67.2 Å². The molecule has 5 heteroatoms. The molecular formula is C23H29N3O2. The Balaban J connectivity index is 1.29. The molecule has 4 aliphatic rings. The zero-order valence-electron chi connectivity index (χ0n) is 16.7. The number of rotatable bonds is 4. The Labute approximate surface area is 166 Å². The predicted octanol–water partition coefficient (Wildman–Crippen LogP) is 3.36. The molecule has 1 aromatic heterocycles. The second-order valence-electron chi connectivity index (χ2n) is 9.70. The van der Waals surface area contributed by atoms with Gasteiger partial charge in [-0.15, -0.1) is 0 Å². The zero-order chi connectivity index (χ0) is 19.5. The Kier molecular flexibility index (Phi) is 3.96. The van der Waals surface area contributed by atoms with Gasteiger partial charge < -0.3 is 10.4 Å². The van der Waals surface area contributed by atoms with Crippen molar-refractivity contribution in [3.63, 3.8) is 0 Å². The molecule has 1 aromatic carbocycles. The van der Waals surface area contributed by atoms with Crippen molar-refractivity contribution >= 4 is 5.91 Å². The molecule has 2 unspecified atom stereocenters. The van der Waals surface area contributed by atoms with Crippen molar-refractivity contribution in [2.45, 2.75) is 70.1 Å². The molecule has 4 fully saturated rings. The number of carbonyl (C=O) groups is 1. The van der Waals surface area contributed by atoms with E-state index in [1.54, 1.807) is 0 Å². The van der Waals surface area contributed by atoms with Gasteiger partial charge in [0.25, 0.3) is 5.91 Å². The molecule has 2 N–H and O–H groups in total. The molecular weight excluding hydrogens is 350 g/mol. The van der Waals surface area contributed by atoms with Gasteiger partial charge >= 0.3 is 0 Å². The molecule has 4 aliphatic carbocycles. The van der Waals surface area contributed by atoms with Crippen LogP contribution < -0.4 is 5.32 Å². The number of amides is 1. The van der Waals surface area contributed by atoms with Crippen molar-refractivity contribution in [3.05, 3.63) is 52.8 Å². The van der Waals surface area contributed by atoms with E-state index in [9.17, 15) is 9.90 Å². The highest BCUT2D eigenvalue weighted by molar-refractivity contribution is 5.94. The highest BCUT2D eigenvalue weighted by Gasteiger charge is 2.57. The maximum absolute atomic E-state index is 13.0. The van der Waals surface area contributed by atoms with Gasteiger partial charge in [0.2, 0.25) is 0 Å². The molecule has 28 heavy (non-hydrogen) atoms. The molecule has 4 bridgehead atoms. The standard InChI is InChI=1S/C23H29N3O2/c1-15-7-16(2)26(25-15)13-17-3-5-20(6-4-17)21(27)24-22-9-18-8-19(10-22)12-23(28,11-18)14-22/h3-7,18-19,28H,8-14H2,1-2H3,(H,24,27). The first-order valence-corrected chi connectivity index (χ1v) is 10.5. The van der Waals surface area contributed by atoms with Crippen molar-refractivity contribution in [2.24, 2.45) is 11.8 Å². The summed E-state index contributed by atoms with van der Waals surface area (Å²) in [6, 6.07) is 9.91. The summed E-state index contributed by atoms with van der Waals surface area (Å²) in [7, 11) is 0. The molecule has 2 atom stereocenters. The summed E-state index contributed by atoms with van der Waals surface area (Å²) in [6.45, 7) is 4.76. The number of carbonyl (C=O) groups excluding carboxylic acids is 1. The van der Waals surface area contributed by atoms with E-state index in [1.165, 1.54) is 6.42 Å². The Morgan fingerprint density at radius 1 is 1.18 bits per heavy atom. The highest BCUT2D eigenvalue weighted by Crippen LogP contribution is 2.57. The van der Waals surface area contributed by atoms with Crippen molar-refractivity contribution < 1.29 is 9.90 Å². The fourth-order valence-corrected chi connectivity index (χ4v) is 6.44. The molecule has 0 spiro atoms. The minimum atomic E-state index is -0.555. The number of hydrogen-bond donors (Lipinski definition) is 2. The van der Waals surface area contributed by atoms with Gasteiger partial charge in [0.1, 0.15) is 0 Å². The van der Waals surface area contributed by atoms with Crippen molar-refractivity contribution in [1.29, 1.82) is 0 Å². The molecule has 4 saturated carbocycles. The van der Waals surface area contributed by atoms with Gasteiger partial charge in [-0.3, -0.25) is 9.48 Å². The lowest BCUT2D eigenvalue weighted by Gasteiger charge is -2.60. The summed E-state index contributed by atoms with van der Waals surface area (Å²) in [5.41, 5.74) is 3.22. The largest absolute Gasteiger partial charge is 0.390 e. The quantitative estimate of drug-likeness (QED) is 0.856. The lowest BCUT2D eigenvalue weighted by atomic mass is 9.51. The van der Waals surface area contributed by atoms with Crippen LogP contribution in [0.15, 0.2) is 30.3 Å². The van der Waals surface area contributed by atoms with E-state index in [2.05, 4.69) is 23.4 Å². The third-order valence-corrected chi connectivity index (χ3v) is 7.06. The monoisotopic (exact) mass is 379 g/mol. The number of benzene rings is 1. The first-order chi connectivity index (χ1) is 13.3. The fraction of sp³-hybridized carbons (Fsp3) is 0.565. The summed E-state index contributed by atoms with van der Waals surface area (Å²) >= 11 is 0. The van der Waals surface area contributed by atoms with Gasteiger partial charge in [0.05, 0.1) is 17.8 Å². The Bertz CT molecular complexity index is 900. The lowest BCUT2D eigenvalue weighted by molar-refractivity contribution is -0.139. The fourth-order valence-electron chi connectivity index (χ4n) is 6.44. The number of nitrogens with zero attached hydrogens (tertiary/aromatic N) is 2. The predicted molar refractivity (Wildman–Crippen MR) is 107 cm³/mol. The van der Waals surface area contributed by atoms with E-state index < -0.39 is 5.60 Å². The summed E-state index contributed by atoms with van der Waals surface area (Å²) in [5.74, 6) is 1.12. The second-order valence-corrected chi connectivity index (χ2v) is 9.70. The van der Waals surface area contributed by atoms with Crippen LogP contribution in [0.5, 0.6) is 0 Å². The molecule has 6 rings (SSSR count). The SMILES string of the molecule is Cc1cc(C)n(Cc2ccc(C(=O)NC34CC5CC(CC(O)(C5)C3)C4)cc2)n1. The summed E-state index contributed by atoms with van der Waals surface area (Å²) in [5, 5.41) is 18.7. The lowest BCUT2D eigenvalue weighted by Crippen LogP contribution is -2.65. The average Bonchev–Trinajstić information content (AvgIpc) is 2.90. The molecule has 0 radical (unpaired) electrons. The smallest absolute Gasteiger partial charge is 0.251 e. The molecule has 5 nitrogen and oxygen atoms in total. The normalized spacial score (nSPS) is 33.2. The van der Waals surface area contributed by atoms with E-state index in [0.717, 1.165) is 49.1 Å². The Hall–Kier alpha value is -2.14. The van der Waals surface area contributed by atoms with Gasteiger partial charge in [-0.2, -0.15) is 5.10 Å². The van der Waals surface area contributed by atoms with E-state index >= 15 is 0 Å². The first-order valence-electron chi connectivity index (χ1n) is 10.5. The van der Waals surface area contributed by atoms with Gasteiger partial charge in [-0.05, 0) is 88.0 Å². The van der Waals surface area contributed by atoms with E-state index in [-0.39, 0.29) is 11.4 Å². The third-order valence-electron chi connectivity index (χ3n) is 7.06. The molecule has 1 amide bonds. The minimum absolute atomic E-state index is 0.0109. The van der Waals surface area contributed by atoms with Gasteiger partial charge in [-0.25, -0.2) is 0 Å². The van der Waals surface area contributed by atoms with Crippen molar-refractivity contribution in [3.8, 4) is 0 Å². The van der Waals surface area contributed by atoms with Crippen molar-refractivity contribution in [1.82, 2.24) is 15.1 Å². The Morgan fingerprint density at radius 3 is 2.43 bits per heavy atom. The van der Waals surface area contributed by atoms with Crippen LogP contribution >= 0.6 is 0 Å². The van der Waals surface area contributed by atoms with Crippen LogP contribution in [0, 0.1) is 25.7 Å². The number of aryl methyl sites for hydroxylation is 2. The summed E-state index contributed by atoms with van der Waals surface area (Å²) < 4.78 is 1.99. The van der Waals surface area contributed by atoms with Crippen molar-refractivity contribution in [2.75, 3.05) is 0 Å². The van der Waals surface area contributed by atoms with Gasteiger partial charge in [-0.1, -0.05) is 12.1 Å². The number of nitrogens with one attached hydrogen (secondary N) is 1. The van der Waals surface area contributed by atoms with Crippen LogP contribution in [0.1, 0.15) is 65.8 Å². The summed E-state index contributed by atoms with van der Waals surface area (Å²) in [6.07, 6.45) is 5.82. The maximum atomic E-state index is 13.0. The molecule has 2 aromatic rings. The number of aromatic nitrogens is 2. The van der Waals surface area contributed by atoms with Crippen LogP contribution in [-0.4, -0.2) is 31.9 Å². The average molecular weight is 380 g/mol. The van der Waals surface area contributed by atoms with Gasteiger partial charge in [0.15, 0.2) is 0 Å². The van der Waals surface area contributed by atoms with Gasteiger partial charge in [0, 0.05) is 16.8 Å². The minimum Gasteiger partial charge on any atom is -0.390 e. The van der Waals surface area contributed by atoms with Crippen LogP contribution in [0.3, 0.4) is 0 Å². The second kappa shape index (κ2) is 6.18. The Morgan fingerprint density at radius 2 is 1.86 bits per heavy atom. The molecule has 0 aliphatic heterocycles. The molecule has 0 saturated heterocycles. The molecule has 1 heterocycles. The summed E-state index contributed by atoms with van der Waals surface area (Å²) in [4.78, 5) is 13.0. The van der Waals surface area contributed by atoms with Crippen LogP contribution in [0.2, 0.25) is 0 Å². The zero-order valence-corrected chi connectivity index (χ0v) is 16.7. The number of aliphatic hydroxyl groups is 1. The van der Waals surface area contributed by atoms with E-state index in [0.29, 0.717) is 23.9 Å². The van der Waals surface area contributed by atoms with Crippen LogP contribution in [-0.2, 0) is 6.54 Å². The number of hydrogen-bond acceptors (Lipinski definition) is 3. The first kappa shape index (κ1) is 17.9.